The number of hydrogen-bond donors (Lipinski definition) is 2. The molecule has 0 atom stereocenters. The lowest BCUT2D eigenvalue weighted by atomic mass is 10.1. The summed E-state index contributed by atoms with van der Waals surface area (Å²) in [6.45, 7) is 0. The summed E-state index contributed by atoms with van der Waals surface area (Å²) in [4.78, 5) is 40.3. The van der Waals surface area contributed by atoms with E-state index in [1.165, 1.54) is 13.3 Å². The Kier molecular flexibility index (Phi) is 5.25. The van der Waals surface area contributed by atoms with Crippen LogP contribution in [-0.2, 0) is 23.1 Å². The van der Waals surface area contributed by atoms with Crippen LogP contribution >= 0.6 is 0 Å². The molecule has 2 amide bonds. The van der Waals surface area contributed by atoms with E-state index in [1.807, 2.05) is 0 Å². The van der Waals surface area contributed by atoms with Crippen LogP contribution in [0.1, 0.15) is 22.5 Å². The lowest BCUT2D eigenvalue weighted by molar-refractivity contribution is -0.118. The number of rotatable bonds is 6. The number of carbonyl (C=O) groups is 3. The summed E-state index contributed by atoms with van der Waals surface area (Å²) in [7, 11) is 3.25. The Bertz CT molecular complexity index is 954. The number of Topliss-reactive ketones (excluding diaryl/α,β-unsaturated/α-hetero) is 1. The molecule has 1 aliphatic heterocycles. The molecule has 2 heterocycles. The fraction of sp³-hybridized carbons (Fsp3) is 0.211. The summed E-state index contributed by atoms with van der Waals surface area (Å²) in [6, 6.07) is 8.66. The second kappa shape index (κ2) is 7.77. The number of nitrogens with zero attached hydrogens (tertiary/aromatic N) is 3. The molecule has 0 saturated carbocycles. The van der Waals surface area contributed by atoms with Gasteiger partial charge >= 0.3 is 0 Å². The number of amides is 2. The maximum atomic E-state index is 12.4. The lowest BCUT2D eigenvalue weighted by Crippen LogP contribution is -2.23. The third-order valence-electron chi connectivity index (χ3n) is 4.09. The third kappa shape index (κ3) is 4.17. The second-order valence-corrected chi connectivity index (χ2v) is 6.05. The minimum Gasteiger partial charge on any atom is -0.354 e. The molecule has 0 radical (unpaired) electrons. The van der Waals surface area contributed by atoms with E-state index in [1.54, 1.807) is 48.3 Å². The molecular weight excluding hydrogens is 346 g/mol. The van der Waals surface area contributed by atoms with Crippen molar-refractivity contribution in [1.29, 1.82) is 0 Å². The standard InChI is InChI=1S/C19H19N5O3/c1-20-19(27)17-14(7-9-21-17)18(26)22-13-5-3-12(4-6-13)11-16(25)15-8-10-24(2)23-15/h3-6,8-10H,7,11H2,1-2H3,(H,20,27)(H,22,26). The quantitative estimate of drug-likeness (QED) is 0.752. The van der Waals surface area contributed by atoms with Crippen LogP contribution in [0.5, 0.6) is 0 Å². The average molecular weight is 365 g/mol. The van der Waals surface area contributed by atoms with Crippen molar-refractivity contribution in [2.24, 2.45) is 12.0 Å². The molecular formula is C19H19N5O3. The molecule has 8 nitrogen and oxygen atoms in total. The first-order valence-corrected chi connectivity index (χ1v) is 8.39. The van der Waals surface area contributed by atoms with Gasteiger partial charge in [-0.15, -0.1) is 0 Å². The van der Waals surface area contributed by atoms with Crippen molar-refractivity contribution in [3.8, 4) is 0 Å². The molecule has 2 N–H and O–H groups in total. The smallest absolute Gasteiger partial charge is 0.270 e. The van der Waals surface area contributed by atoms with Crippen LogP contribution in [0.3, 0.4) is 0 Å². The zero-order valence-electron chi connectivity index (χ0n) is 15.0. The van der Waals surface area contributed by atoms with Gasteiger partial charge in [0.1, 0.15) is 11.4 Å². The number of hydrogen-bond acceptors (Lipinski definition) is 5. The predicted octanol–water partition coefficient (Wildman–Crippen LogP) is 1.26. The Hall–Kier alpha value is -3.55. The van der Waals surface area contributed by atoms with Gasteiger partial charge in [0, 0.05) is 45.0 Å². The van der Waals surface area contributed by atoms with Gasteiger partial charge < -0.3 is 10.6 Å². The van der Waals surface area contributed by atoms with Crippen molar-refractivity contribution in [2.45, 2.75) is 12.8 Å². The van der Waals surface area contributed by atoms with Crippen molar-refractivity contribution in [3.63, 3.8) is 0 Å². The van der Waals surface area contributed by atoms with Gasteiger partial charge in [-0.05, 0) is 23.8 Å². The van der Waals surface area contributed by atoms with Crippen molar-refractivity contribution < 1.29 is 14.4 Å². The maximum absolute atomic E-state index is 12.4. The molecule has 1 aromatic heterocycles. The van der Waals surface area contributed by atoms with E-state index in [0.29, 0.717) is 23.4 Å². The summed E-state index contributed by atoms with van der Waals surface area (Å²) < 4.78 is 1.58. The van der Waals surface area contributed by atoms with Gasteiger partial charge in [-0.25, -0.2) is 0 Å². The van der Waals surface area contributed by atoms with Gasteiger partial charge in [0.05, 0.1) is 5.57 Å². The third-order valence-corrected chi connectivity index (χ3v) is 4.09. The first-order chi connectivity index (χ1) is 13.0. The number of aliphatic imine (C=N–C) groups is 1. The number of likely N-dealkylation sites (N-methyl/N-ethyl adjacent to an activating group) is 1. The minimum atomic E-state index is -0.391. The Morgan fingerprint density at radius 1 is 1.11 bits per heavy atom. The number of aryl methyl sites for hydroxylation is 1. The summed E-state index contributed by atoms with van der Waals surface area (Å²) in [5, 5.41) is 9.31. The van der Waals surface area contributed by atoms with E-state index in [2.05, 4.69) is 20.7 Å². The van der Waals surface area contributed by atoms with E-state index >= 15 is 0 Å². The topological polar surface area (TPSA) is 105 Å². The molecule has 2 aromatic rings. The molecule has 0 bridgehead atoms. The van der Waals surface area contributed by atoms with Gasteiger partial charge in [-0.2, -0.15) is 5.10 Å². The largest absolute Gasteiger partial charge is 0.354 e. The maximum Gasteiger partial charge on any atom is 0.270 e. The Balaban J connectivity index is 1.65. The number of anilines is 1. The highest BCUT2D eigenvalue weighted by molar-refractivity contribution is 6.13. The van der Waals surface area contributed by atoms with Crippen LogP contribution in [0.4, 0.5) is 5.69 Å². The lowest BCUT2D eigenvalue weighted by Gasteiger charge is -2.08. The van der Waals surface area contributed by atoms with Crippen molar-refractivity contribution in [1.82, 2.24) is 15.1 Å². The molecule has 1 aromatic carbocycles. The molecule has 0 spiro atoms. The van der Waals surface area contributed by atoms with Crippen molar-refractivity contribution in [3.05, 3.63) is 59.1 Å². The molecule has 0 saturated heterocycles. The van der Waals surface area contributed by atoms with Gasteiger partial charge in [-0.3, -0.25) is 24.1 Å². The molecule has 27 heavy (non-hydrogen) atoms. The highest BCUT2D eigenvalue weighted by atomic mass is 16.2. The highest BCUT2D eigenvalue weighted by Crippen LogP contribution is 2.19. The van der Waals surface area contributed by atoms with Gasteiger partial charge in [-0.1, -0.05) is 12.1 Å². The molecule has 0 unspecified atom stereocenters. The van der Waals surface area contributed by atoms with Gasteiger partial charge in [0.2, 0.25) is 0 Å². The summed E-state index contributed by atoms with van der Waals surface area (Å²) >= 11 is 0. The number of benzene rings is 1. The van der Waals surface area contributed by atoms with Crippen molar-refractivity contribution in [2.75, 3.05) is 12.4 Å². The zero-order valence-corrected chi connectivity index (χ0v) is 15.0. The monoisotopic (exact) mass is 365 g/mol. The molecule has 0 aliphatic carbocycles. The summed E-state index contributed by atoms with van der Waals surface area (Å²) in [6.07, 6.45) is 3.79. The zero-order chi connectivity index (χ0) is 19.4. The first-order valence-electron chi connectivity index (χ1n) is 8.39. The molecule has 8 heteroatoms. The Morgan fingerprint density at radius 2 is 1.85 bits per heavy atom. The Morgan fingerprint density at radius 3 is 2.48 bits per heavy atom. The molecule has 1 aliphatic rings. The summed E-state index contributed by atoms with van der Waals surface area (Å²) in [5.74, 6) is -0.837. The van der Waals surface area contributed by atoms with E-state index in [-0.39, 0.29) is 23.8 Å². The molecule has 3 rings (SSSR count). The molecule has 138 valence electrons. The van der Waals surface area contributed by atoms with E-state index in [9.17, 15) is 14.4 Å². The average Bonchev–Trinajstić information content (AvgIpc) is 3.31. The van der Waals surface area contributed by atoms with E-state index in [0.717, 1.165) is 5.56 Å². The minimum absolute atomic E-state index is 0.0733. The van der Waals surface area contributed by atoms with Crippen LogP contribution in [0, 0.1) is 0 Å². The first kappa shape index (κ1) is 18.2. The highest BCUT2D eigenvalue weighted by Gasteiger charge is 2.23. The van der Waals surface area contributed by atoms with Gasteiger partial charge in [0.25, 0.3) is 11.8 Å². The second-order valence-electron chi connectivity index (χ2n) is 6.05. The van der Waals surface area contributed by atoms with Crippen LogP contribution in [0.25, 0.3) is 0 Å². The molecule has 0 fully saturated rings. The van der Waals surface area contributed by atoms with Crippen LogP contribution in [0.15, 0.2) is 52.8 Å². The van der Waals surface area contributed by atoms with Crippen LogP contribution in [0.2, 0.25) is 0 Å². The summed E-state index contributed by atoms with van der Waals surface area (Å²) in [5.41, 5.74) is 2.27. The number of carbonyl (C=O) groups excluding carboxylic acids is 3. The van der Waals surface area contributed by atoms with E-state index in [4.69, 9.17) is 0 Å². The number of ketones is 1. The number of aromatic nitrogens is 2. The normalized spacial score (nSPS) is 13.0. The fourth-order valence-electron chi connectivity index (χ4n) is 2.67. The van der Waals surface area contributed by atoms with E-state index < -0.39 is 5.91 Å². The number of nitrogens with one attached hydrogen (secondary N) is 2. The SMILES string of the molecule is CNC(=O)C1=C(C(=O)Nc2ccc(CC(=O)c3ccn(C)n3)cc2)CC=N1. The van der Waals surface area contributed by atoms with Crippen LogP contribution < -0.4 is 10.6 Å². The van der Waals surface area contributed by atoms with Gasteiger partial charge in [0.15, 0.2) is 5.78 Å². The van der Waals surface area contributed by atoms with Crippen molar-refractivity contribution >= 4 is 29.5 Å². The van der Waals surface area contributed by atoms with Crippen LogP contribution in [-0.4, -0.2) is 40.6 Å². The predicted molar refractivity (Wildman–Crippen MR) is 101 cm³/mol. The Labute approximate surface area is 156 Å². The fourth-order valence-corrected chi connectivity index (χ4v) is 2.67.